The monoisotopic (exact) mass is 324 g/mol. The van der Waals surface area contributed by atoms with Crippen molar-refractivity contribution in [3.05, 3.63) is 32.8 Å². The van der Waals surface area contributed by atoms with Gasteiger partial charge in [-0.15, -0.1) is 10.2 Å². The summed E-state index contributed by atoms with van der Waals surface area (Å²) in [6, 6.07) is 3.68. The van der Waals surface area contributed by atoms with Gasteiger partial charge in [-0.2, -0.15) is 0 Å². The zero-order valence-electron chi connectivity index (χ0n) is 6.67. The zero-order valence-corrected chi connectivity index (χ0v) is 9.64. The van der Waals surface area contributed by atoms with E-state index in [2.05, 4.69) is 10.2 Å². The van der Waals surface area contributed by atoms with Crippen LogP contribution in [0.1, 0.15) is 0 Å². The molecule has 14 heavy (non-hydrogen) atoms. The summed E-state index contributed by atoms with van der Waals surface area (Å²) in [4.78, 5) is 0. The van der Waals surface area contributed by atoms with Crippen molar-refractivity contribution in [3.63, 3.8) is 0 Å². The Hall–Kier alpha value is -0.630. The SMILES string of the molecule is Fc1ccc(-c2nnc(I)s2)cc1F. The topological polar surface area (TPSA) is 25.8 Å². The molecule has 2 aromatic rings. The molecule has 6 heteroatoms. The summed E-state index contributed by atoms with van der Waals surface area (Å²) in [5.74, 6) is -1.72. The molecule has 0 radical (unpaired) electrons. The lowest BCUT2D eigenvalue weighted by Gasteiger charge is -1.95. The van der Waals surface area contributed by atoms with Crippen molar-refractivity contribution in [3.8, 4) is 10.6 Å². The second kappa shape index (κ2) is 3.85. The molecule has 0 saturated heterocycles. The zero-order chi connectivity index (χ0) is 10.1. The lowest BCUT2D eigenvalue weighted by atomic mass is 10.2. The van der Waals surface area contributed by atoms with Gasteiger partial charge in [-0.3, -0.25) is 0 Å². The first-order chi connectivity index (χ1) is 6.66. The normalized spacial score (nSPS) is 10.5. The lowest BCUT2D eigenvalue weighted by Crippen LogP contribution is -1.84. The van der Waals surface area contributed by atoms with Gasteiger partial charge < -0.3 is 0 Å². The predicted molar refractivity (Wildman–Crippen MR) is 58.0 cm³/mol. The Labute approximate surface area is 96.1 Å². The van der Waals surface area contributed by atoms with E-state index in [0.29, 0.717) is 10.6 Å². The molecule has 0 aliphatic heterocycles. The molecule has 0 saturated carbocycles. The van der Waals surface area contributed by atoms with Crippen LogP contribution < -0.4 is 0 Å². The Bertz CT molecular complexity index is 472. The number of aromatic nitrogens is 2. The van der Waals surface area contributed by atoms with Crippen LogP contribution in [0, 0.1) is 14.6 Å². The molecule has 0 N–H and O–H groups in total. The van der Waals surface area contributed by atoms with Crippen LogP contribution in [0.5, 0.6) is 0 Å². The second-order valence-electron chi connectivity index (χ2n) is 2.49. The fourth-order valence-corrected chi connectivity index (χ4v) is 2.25. The fourth-order valence-electron chi connectivity index (χ4n) is 0.951. The maximum absolute atomic E-state index is 12.9. The summed E-state index contributed by atoms with van der Waals surface area (Å²) in [5.41, 5.74) is 0.546. The summed E-state index contributed by atoms with van der Waals surface area (Å²) in [6.07, 6.45) is 0. The molecule has 0 bridgehead atoms. The first-order valence-corrected chi connectivity index (χ1v) is 5.51. The van der Waals surface area contributed by atoms with Gasteiger partial charge in [-0.25, -0.2) is 8.78 Å². The summed E-state index contributed by atoms with van der Waals surface area (Å²) in [7, 11) is 0. The molecule has 0 amide bonds. The largest absolute Gasteiger partial charge is 0.204 e. The van der Waals surface area contributed by atoms with Gasteiger partial charge in [0.25, 0.3) is 0 Å². The van der Waals surface area contributed by atoms with E-state index in [1.165, 1.54) is 17.4 Å². The van der Waals surface area contributed by atoms with Gasteiger partial charge in [0.05, 0.1) is 0 Å². The number of nitrogens with zero attached hydrogens (tertiary/aromatic N) is 2. The third-order valence-corrected chi connectivity index (χ3v) is 3.20. The molecule has 2 rings (SSSR count). The number of benzene rings is 1. The molecular formula is C8H3F2IN2S. The lowest BCUT2D eigenvalue weighted by molar-refractivity contribution is 0.509. The van der Waals surface area contributed by atoms with Crippen LogP contribution in [0.4, 0.5) is 8.78 Å². The van der Waals surface area contributed by atoms with Crippen LogP contribution in [0.15, 0.2) is 18.2 Å². The highest BCUT2D eigenvalue weighted by Gasteiger charge is 2.08. The average Bonchev–Trinajstić information content (AvgIpc) is 2.57. The van der Waals surface area contributed by atoms with Crippen LogP contribution in [-0.4, -0.2) is 10.2 Å². The minimum Gasteiger partial charge on any atom is -0.204 e. The molecule has 0 aliphatic carbocycles. The van der Waals surface area contributed by atoms with Gasteiger partial charge in [0, 0.05) is 5.56 Å². The van der Waals surface area contributed by atoms with E-state index in [-0.39, 0.29) is 0 Å². The smallest absolute Gasteiger partial charge is 0.178 e. The van der Waals surface area contributed by atoms with Crippen molar-refractivity contribution in [2.24, 2.45) is 0 Å². The van der Waals surface area contributed by atoms with E-state index in [1.54, 1.807) is 0 Å². The maximum Gasteiger partial charge on any atom is 0.178 e. The van der Waals surface area contributed by atoms with Gasteiger partial charge >= 0.3 is 0 Å². The van der Waals surface area contributed by atoms with E-state index in [0.717, 1.165) is 15.1 Å². The molecule has 2 nitrogen and oxygen atoms in total. The Kier molecular flexibility index (Phi) is 2.73. The van der Waals surface area contributed by atoms with Crippen molar-refractivity contribution < 1.29 is 8.78 Å². The van der Waals surface area contributed by atoms with Crippen LogP contribution in [0.3, 0.4) is 0 Å². The Morgan fingerprint density at radius 3 is 2.50 bits per heavy atom. The van der Waals surface area contributed by atoms with Gasteiger partial charge in [-0.05, 0) is 40.8 Å². The number of hydrogen-bond donors (Lipinski definition) is 0. The summed E-state index contributed by atoms with van der Waals surface area (Å²) in [5, 5.41) is 8.20. The molecule has 0 aliphatic rings. The Morgan fingerprint density at radius 1 is 1.14 bits per heavy atom. The third-order valence-electron chi connectivity index (χ3n) is 1.57. The molecule has 0 fully saturated rings. The Balaban J connectivity index is 2.47. The molecule has 0 atom stereocenters. The van der Waals surface area contributed by atoms with E-state index in [9.17, 15) is 8.78 Å². The van der Waals surface area contributed by atoms with Crippen LogP contribution in [0.25, 0.3) is 10.6 Å². The summed E-state index contributed by atoms with van der Waals surface area (Å²) < 4.78 is 26.2. The van der Waals surface area contributed by atoms with Gasteiger partial charge in [-0.1, -0.05) is 11.3 Å². The summed E-state index contributed by atoms with van der Waals surface area (Å²) >= 11 is 3.35. The van der Waals surface area contributed by atoms with Crippen molar-refractivity contribution in [1.82, 2.24) is 10.2 Å². The van der Waals surface area contributed by atoms with Crippen molar-refractivity contribution in [1.29, 1.82) is 0 Å². The minimum absolute atomic E-state index is 0.546. The predicted octanol–water partition coefficient (Wildman–Crippen LogP) is 3.09. The number of rotatable bonds is 1. The van der Waals surface area contributed by atoms with E-state index in [1.807, 2.05) is 22.6 Å². The highest BCUT2D eigenvalue weighted by Crippen LogP contribution is 2.25. The highest BCUT2D eigenvalue weighted by molar-refractivity contribution is 14.1. The third kappa shape index (κ3) is 1.90. The quantitative estimate of drug-likeness (QED) is 0.754. The second-order valence-corrected chi connectivity index (χ2v) is 5.22. The van der Waals surface area contributed by atoms with E-state index in [4.69, 9.17) is 0 Å². The van der Waals surface area contributed by atoms with Crippen molar-refractivity contribution in [2.75, 3.05) is 0 Å². The van der Waals surface area contributed by atoms with Crippen molar-refractivity contribution in [2.45, 2.75) is 0 Å². The van der Waals surface area contributed by atoms with Gasteiger partial charge in [0.2, 0.25) is 0 Å². The first kappa shape index (κ1) is 9.91. The minimum atomic E-state index is -0.868. The number of halogens is 3. The molecular weight excluding hydrogens is 321 g/mol. The van der Waals surface area contributed by atoms with Gasteiger partial charge in [0.1, 0.15) is 5.01 Å². The molecule has 1 aromatic heterocycles. The van der Waals surface area contributed by atoms with Crippen LogP contribution in [-0.2, 0) is 0 Å². The molecule has 1 heterocycles. The average molecular weight is 324 g/mol. The molecule has 1 aromatic carbocycles. The summed E-state index contributed by atoms with van der Waals surface area (Å²) in [6.45, 7) is 0. The fraction of sp³-hybridized carbons (Fsp3) is 0. The molecule has 0 unspecified atom stereocenters. The first-order valence-electron chi connectivity index (χ1n) is 3.61. The van der Waals surface area contributed by atoms with E-state index < -0.39 is 11.6 Å². The van der Waals surface area contributed by atoms with E-state index >= 15 is 0 Å². The number of hydrogen-bond acceptors (Lipinski definition) is 3. The maximum atomic E-state index is 12.9. The van der Waals surface area contributed by atoms with Crippen LogP contribution >= 0.6 is 33.9 Å². The van der Waals surface area contributed by atoms with Crippen LogP contribution in [0.2, 0.25) is 0 Å². The highest BCUT2D eigenvalue weighted by atomic mass is 127. The van der Waals surface area contributed by atoms with Gasteiger partial charge in [0.15, 0.2) is 14.6 Å². The Morgan fingerprint density at radius 2 is 1.93 bits per heavy atom. The van der Waals surface area contributed by atoms with Crippen molar-refractivity contribution >= 4 is 33.9 Å². The molecule has 72 valence electrons. The molecule has 0 spiro atoms. The standard InChI is InChI=1S/C8H3F2IN2S/c9-5-2-1-4(3-6(5)10)7-12-13-8(11)14-7/h1-3H.